The molecule has 1 saturated carbocycles. The molecule has 1 aliphatic rings. The summed E-state index contributed by atoms with van der Waals surface area (Å²) in [7, 11) is 0. The molecule has 5 nitrogen and oxygen atoms in total. The Morgan fingerprint density at radius 2 is 2.10 bits per heavy atom. The van der Waals surface area contributed by atoms with E-state index in [1.807, 2.05) is 0 Å². The monoisotopic (exact) mass is 295 g/mol. The van der Waals surface area contributed by atoms with Crippen LogP contribution in [0, 0.1) is 0 Å². The molecule has 3 atom stereocenters. The van der Waals surface area contributed by atoms with Crippen molar-refractivity contribution in [1.82, 2.24) is 0 Å². The Morgan fingerprint density at radius 3 is 2.60 bits per heavy atom. The number of carbonyl (C=O) groups excluding carboxylic acids is 1. The van der Waals surface area contributed by atoms with E-state index in [0.717, 1.165) is 12.0 Å². The second kappa shape index (κ2) is 6.39. The normalized spacial score (nSPS) is 21.7. The van der Waals surface area contributed by atoms with Crippen LogP contribution in [-0.4, -0.2) is 32.7 Å². The number of benzene rings is 1. The lowest BCUT2D eigenvalue weighted by Gasteiger charge is -2.16. The van der Waals surface area contributed by atoms with Gasteiger partial charge >= 0.3 is 5.97 Å². The van der Waals surface area contributed by atoms with E-state index in [1.54, 1.807) is 24.3 Å². The molecule has 1 fully saturated rings. The lowest BCUT2D eigenvalue weighted by Crippen LogP contribution is -2.32. The summed E-state index contributed by atoms with van der Waals surface area (Å²) in [5, 5.41) is 8.36. The summed E-state index contributed by atoms with van der Waals surface area (Å²) < 4.78 is 12.3. The number of carboxylic acids is 1. The fourth-order valence-corrected chi connectivity index (χ4v) is 3.75. The molecule has 108 valence electrons. The van der Waals surface area contributed by atoms with Crippen LogP contribution >= 0.6 is 0 Å². The van der Waals surface area contributed by atoms with E-state index in [4.69, 9.17) is 10.8 Å². The van der Waals surface area contributed by atoms with Crippen LogP contribution < -0.4 is 5.73 Å². The maximum atomic E-state index is 12.3. The van der Waals surface area contributed by atoms with Gasteiger partial charge in [-0.1, -0.05) is 12.1 Å². The summed E-state index contributed by atoms with van der Waals surface area (Å²) in [6.45, 7) is 0. The number of nitrogens with two attached hydrogens (primary N) is 1. The van der Waals surface area contributed by atoms with Gasteiger partial charge < -0.3 is 15.4 Å². The Morgan fingerprint density at radius 1 is 1.45 bits per heavy atom. The van der Waals surface area contributed by atoms with Gasteiger partial charge in [0.1, 0.15) is 6.04 Å². The first-order valence-corrected chi connectivity index (χ1v) is 7.71. The second-order valence-electron chi connectivity index (χ2n) is 4.94. The number of hydrogen-bond acceptors (Lipinski definition) is 4. The van der Waals surface area contributed by atoms with Crippen molar-refractivity contribution in [3.63, 3.8) is 0 Å². The summed E-state index contributed by atoms with van der Waals surface area (Å²) in [4.78, 5) is 22.9. The van der Waals surface area contributed by atoms with Crippen molar-refractivity contribution in [3.8, 4) is 0 Å². The van der Waals surface area contributed by atoms with E-state index in [9.17, 15) is 14.1 Å². The number of carboxylic acid groups (broad SMARTS) is 1. The average Bonchev–Trinajstić information content (AvgIpc) is 2.85. The maximum Gasteiger partial charge on any atom is 0.320 e. The van der Waals surface area contributed by atoms with Gasteiger partial charge in [-0.3, -0.25) is 9.59 Å². The predicted octanol–water partition coefficient (Wildman–Crippen LogP) is 0.870. The van der Waals surface area contributed by atoms with E-state index in [1.165, 1.54) is 0 Å². The van der Waals surface area contributed by atoms with Gasteiger partial charge in [0.15, 0.2) is 15.9 Å². The fourth-order valence-electron chi connectivity index (χ4n) is 2.28. The van der Waals surface area contributed by atoms with Crippen LogP contribution in [-0.2, 0) is 27.2 Å². The molecule has 0 aromatic heterocycles. The molecule has 0 heterocycles. The molecule has 6 heteroatoms. The van der Waals surface area contributed by atoms with Gasteiger partial charge in [0, 0.05) is 12.8 Å². The highest BCUT2D eigenvalue weighted by Gasteiger charge is 2.35. The molecule has 0 aliphatic heterocycles. The van der Waals surface area contributed by atoms with Crippen LogP contribution in [0.2, 0.25) is 0 Å². The summed E-state index contributed by atoms with van der Waals surface area (Å²) in [6.07, 6.45) is 2.23. The molecule has 3 N–H and O–H groups in total. The maximum absolute atomic E-state index is 12.3. The Balaban J connectivity index is 2.04. The fraction of sp³-hybridized carbons (Fsp3) is 0.429. The van der Waals surface area contributed by atoms with Crippen molar-refractivity contribution in [3.05, 3.63) is 29.8 Å². The van der Waals surface area contributed by atoms with E-state index in [2.05, 4.69) is 0 Å². The third kappa shape index (κ3) is 3.39. The lowest BCUT2D eigenvalue weighted by molar-refractivity contribution is -0.138. The van der Waals surface area contributed by atoms with Gasteiger partial charge in [-0.05, 0) is 41.7 Å². The van der Waals surface area contributed by atoms with Crippen molar-refractivity contribution in [1.29, 1.82) is 0 Å². The number of hydrogen-bond donors (Lipinski definition) is 2. The van der Waals surface area contributed by atoms with Crippen molar-refractivity contribution in [2.45, 2.75) is 41.9 Å². The number of Topliss-reactive ketones (excluding diaryl/α,β-unsaturated/α-hetero) is 1. The van der Waals surface area contributed by atoms with Crippen LogP contribution in [0.1, 0.15) is 24.8 Å². The zero-order valence-corrected chi connectivity index (χ0v) is 11.8. The predicted molar refractivity (Wildman–Crippen MR) is 74.8 cm³/mol. The van der Waals surface area contributed by atoms with Crippen LogP contribution in [0.4, 0.5) is 0 Å². The highest BCUT2D eigenvalue weighted by atomic mass is 32.2. The molecule has 2 rings (SSSR count). The summed E-state index contributed by atoms with van der Waals surface area (Å²) in [6, 6.07) is 5.87. The van der Waals surface area contributed by atoms with E-state index in [0.29, 0.717) is 17.7 Å². The molecule has 0 radical (unpaired) electrons. The first-order valence-electron chi connectivity index (χ1n) is 6.49. The van der Waals surface area contributed by atoms with Gasteiger partial charge in [-0.15, -0.1) is 0 Å². The van der Waals surface area contributed by atoms with Gasteiger partial charge in [-0.25, -0.2) is 0 Å². The highest BCUT2D eigenvalue weighted by Crippen LogP contribution is 2.27. The van der Waals surface area contributed by atoms with Gasteiger partial charge in [0.25, 0.3) is 0 Å². The van der Waals surface area contributed by atoms with Gasteiger partial charge in [-0.2, -0.15) is 0 Å². The number of rotatable bonds is 5. The van der Waals surface area contributed by atoms with Crippen LogP contribution in [0.3, 0.4) is 0 Å². The first-order chi connectivity index (χ1) is 9.49. The van der Waals surface area contributed by atoms with Gasteiger partial charge in [0.2, 0.25) is 0 Å². The van der Waals surface area contributed by atoms with Crippen LogP contribution in [0.15, 0.2) is 29.2 Å². The second-order valence-corrected chi connectivity index (χ2v) is 6.57. The molecular formula is C14H17NO4S. The summed E-state index contributed by atoms with van der Waals surface area (Å²) >= 11 is -1.32. The Bertz CT molecular complexity index is 502. The number of aliphatic carboxylic acids is 1. The molecule has 0 saturated heterocycles. The number of carbonyl (C=O) groups is 2. The SMILES string of the molecule is NC(Cc1ccc([S+]([O-])C2CCCC2=O)cc1)C(=O)O. The standard InChI is InChI=1S/C14H17NO4S/c15-11(14(17)18)8-9-4-6-10(7-5-9)20(19)13-3-1-2-12(13)16/h4-7,11,13H,1-3,8,15H2,(H,17,18). The Labute approximate surface area is 120 Å². The minimum atomic E-state index is -1.32. The molecular weight excluding hydrogens is 278 g/mol. The van der Waals surface area contributed by atoms with Crippen molar-refractivity contribution in [2.75, 3.05) is 0 Å². The zero-order valence-electron chi connectivity index (χ0n) is 11.0. The molecule has 20 heavy (non-hydrogen) atoms. The highest BCUT2D eigenvalue weighted by molar-refractivity contribution is 7.92. The Hall–Kier alpha value is -1.37. The third-order valence-corrected chi connectivity index (χ3v) is 5.19. The Kier molecular flexibility index (Phi) is 4.80. The molecule has 3 unspecified atom stereocenters. The smallest absolute Gasteiger partial charge is 0.320 e. The largest absolute Gasteiger partial charge is 0.611 e. The summed E-state index contributed by atoms with van der Waals surface area (Å²) in [5.41, 5.74) is 6.24. The zero-order chi connectivity index (χ0) is 14.7. The van der Waals surface area contributed by atoms with E-state index in [-0.39, 0.29) is 17.5 Å². The van der Waals surface area contributed by atoms with Crippen molar-refractivity contribution < 1.29 is 19.2 Å². The minimum Gasteiger partial charge on any atom is -0.611 e. The minimum absolute atomic E-state index is 0.0697. The van der Waals surface area contributed by atoms with Gasteiger partial charge in [0.05, 0.1) is 0 Å². The lowest BCUT2D eigenvalue weighted by atomic mass is 10.1. The third-order valence-electron chi connectivity index (χ3n) is 3.44. The molecule has 0 bridgehead atoms. The van der Waals surface area contributed by atoms with Crippen LogP contribution in [0.5, 0.6) is 0 Å². The van der Waals surface area contributed by atoms with Crippen molar-refractivity contribution >= 4 is 22.9 Å². The molecule has 0 amide bonds. The first kappa shape index (κ1) is 15.0. The van der Waals surface area contributed by atoms with E-state index >= 15 is 0 Å². The molecule has 0 spiro atoms. The molecule has 1 aromatic rings. The molecule has 1 aromatic carbocycles. The topological polar surface area (TPSA) is 103 Å². The molecule has 1 aliphatic carbocycles. The van der Waals surface area contributed by atoms with Crippen LogP contribution in [0.25, 0.3) is 0 Å². The quantitative estimate of drug-likeness (QED) is 0.784. The average molecular weight is 295 g/mol. The summed E-state index contributed by atoms with van der Waals surface area (Å²) in [5.74, 6) is -0.977. The van der Waals surface area contributed by atoms with Crippen molar-refractivity contribution in [2.24, 2.45) is 5.73 Å². The van der Waals surface area contributed by atoms with E-state index < -0.39 is 23.2 Å². The number of ketones is 1.